The fourth-order valence-electron chi connectivity index (χ4n) is 4.16. The molecule has 4 rings (SSSR count). The maximum atomic E-state index is 4.61. The second kappa shape index (κ2) is 7.87. The van der Waals surface area contributed by atoms with Crippen LogP contribution in [0.2, 0.25) is 0 Å². The Labute approximate surface area is 161 Å². The van der Waals surface area contributed by atoms with Crippen LogP contribution in [0.25, 0.3) is 22.3 Å². The Morgan fingerprint density at radius 3 is 2.74 bits per heavy atom. The van der Waals surface area contributed by atoms with Crippen molar-refractivity contribution in [1.82, 2.24) is 25.0 Å². The lowest BCUT2D eigenvalue weighted by Crippen LogP contribution is -2.23. The fraction of sp³-hybridized carbons (Fsp3) is 0.500. The lowest BCUT2D eigenvalue weighted by molar-refractivity contribution is 0.294. The predicted molar refractivity (Wildman–Crippen MR) is 112 cm³/mol. The average Bonchev–Trinajstić information content (AvgIpc) is 3.24. The van der Waals surface area contributed by atoms with Crippen molar-refractivity contribution in [2.24, 2.45) is 0 Å². The van der Waals surface area contributed by atoms with Crippen LogP contribution in [0.5, 0.6) is 0 Å². The summed E-state index contributed by atoms with van der Waals surface area (Å²) in [6, 6.07) is 9.03. The number of hydrogen-bond acceptors (Lipinski definition) is 3. The third kappa shape index (κ3) is 4.09. The van der Waals surface area contributed by atoms with Crippen LogP contribution in [-0.2, 0) is 19.4 Å². The van der Waals surface area contributed by atoms with Crippen molar-refractivity contribution < 1.29 is 0 Å². The molecule has 5 nitrogen and oxygen atoms in total. The summed E-state index contributed by atoms with van der Waals surface area (Å²) >= 11 is 0. The van der Waals surface area contributed by atoms with E-state index in [0.29, 0.717) is 0 Å². The molecular weight excluding hydrogens is 334 g/mol. The number of aromatic nitrogens is 3. The topological polar surface area (TPSA) is 50.9 Å². The van der Waals surface area contributed by atoms with Crippen LogP contribution in [-0.4, -0.2) is 59.2 Å². The first-order chi connectivity index (χ1) is 13.1. The van der Waals surface area contributed by atoms with Crippen LogP contribution in [0.4, 0.5) is 0 Å². The van der Waals surface area contributed by atoms with Crippen LogP contribution >= 0.6 is 0 Å². The molecule has 1 aliphatic carbocycles. The first kappa shape index (κ1) is 18.3. The molecule has 0 saturated heterocycles. The Bertz CT molecular complexity index is 905. The first-order valence-corrected chi connectivity index (χ1v) is 10.1. The standard InChI is InChI=1S/C22H31N5/c1-26(2)11-6-12-27(3)15-16-9-10-19-17(13-16)14-21(23-19)22-18-7-4-5-8-20(18)24-25-22/h9-10,13-14,23H,4-8,11-12,15H2,1-3H3,(H,24,25). The van der Waals surface area contributed by atoms with E-state index in [1.807, 2.05) is 0 Å². The monoisotopic (exact) mass is 365 g/mol. The summed E-state index contributed by atoms with van der Waals surface area (Å²) in [5, 5.41) is 9.14. The zero-order chi connectivity index (χ0) is 18.8. The molecule has 0 aliphatic heterocycles. The number of hydrogen-bond donors (Lipinski definition) is 2. The first-order valence-electron chi connectivity index (χ1n) is 10.1. The maximum Gasteiger partial charge on any atom is 0.112 e. The van der Waals surface area contributed by atoms with Crippen molar-refractivity contribution in [3.63, 3.8) is 0 Å². The zero-order valence-electron chi connectivity index (χ0n) is 16.8. The van der Waals surface area contributed by atoms with E-state index >= 15 is 0 Å². The van der Waals surface area contributed by atoms with Gasteiger partial charge in [-0.15, -0.1) is 0 Å². The highest BCUT2D eigenvalue weighted by atomic mass is 15.1. The minimum absolute atomic E-state index is 0.988. The normalized spacial score (nSPS) is 14.4. The van der Waals surface area contributed by atoms with E-state index in [1.54, 1.807) is 0 Å². The summed E-state index contributed by atoms with van der Waals surface area (Å²) in [7, 11) is 6.47. The van der Waals surface area contributed by atoms with Gasteiger partial charge in [0.1, 0.15) is 5.69 Å². The van der Waals surface area contributed by atoms with E-state index in [-0.39, 0.29) is 0 Å². The molecule has 2 heterocycles. The van der Waals surface area contributed by atoms with Crippen LogP contribution in [0, 0.1) is 0 Å². The number of H-pyrrole nitrogens is 2. The molecule has 0 radical (unpaired) electrons. The minimum atomic E-state index is 0.988. The van der Waals surface area contributed by atoms with Gasteiger partial charge in [-0.1, -0.05) is 6.07 Å². The van der Waals surface area contributed by atoms with Gasteiger partial charge in [-0.2, -0.15) is 5.10 Å². The van der Waals surface area contributed by atoms with Crippen molar-refractivity contribution in [3.8, 4) is 11.4 Å². The van der Waals surface area contributed by atoms with E-state index in [4.69, 9.17) is 0 Å². The highest BCUT2D eigenvalue weighted by Gasteiger charge is 2.19. The highest BCUT2D eigenvalue weighted by Crippen LogP contribution is 2.31. The van der Waals surface area contributed by atoms with Gasteiger partial charge in [-0.25, -0.2) is 0 Å². The average molecular weight is 366 g/mol. The number of aromatic amines is 2. The van der Waals surface area contributed by atoms with Crippen molar-refractivity contribution in [3.05, 3.63) is 41.1 Å². The van der Waals surface area contributed by atoms with Crippen molar-refractivity contribution in [1.29, 1.82) is 0 Å². The van der Waals surface area contributed by atoms with Crippen molar-refractivity contribution in [2.45, 2.75) is 38.6 Å². The lowest BCUT2D eigenvalue weighted by Gasteiger charge is -2.18. The molecule has 2 N–H and O–H groups in total. The van der Waals surface area contributed by atoms with Gasteiger partial charge in [-0.05, 0) is 90.1 Å². The molecule has 1 aliphatic rings. The van der Waals surface area contributed by atoms with Gasteiger partial charge in [0.25, 0.3) is 0 Å². The summed E-state index contributed by atoms with van der Waals surface area (Å²) < 4.78 is 0. The quantitative estimate of drug-likeness (QED) is 0.669. The molecule has 144 valence electrons. The molecule has 0 bridgehead atoms. The van der Waals surface area contributed by atoms with E-state index in [9.17, 15) is 0 Å². The molecule has 0 spiro atoms. The van der Waals surface area contributed by atoms with E-state index in [0.717, 1.165) is 43.9 Å². The predicted octanol–water partition coefficient (Wildman–Crippen LogP) is 3.82. The Kier molecular flexibility index (Phi) is 5.32. The third-order valence-electron chi connectivity index (χ3n) is 5.59. The van der Waals surface area contributed by atoms with Gasteiger partial charge in [0.2, 0.25) is 0 Å². The number of fused-ring (bicyclic) bond motifs is 2. The summed E-state index contributed by atoms with van der Waals surface area (Å²) in [5.41, 5.74) is 7.55. The van der Waals surface area contributed by atoms with Crippen molar-refractivity contribution in [2.75, 3.05) is 34.2 Å². The number of aryl methyl sites for hydroxylation is 1. The van der Waals surface area contributed by atoms with Gasteiger partial charge in [0.15, 0.2) is 0 Å². The van der Waals surface area contributed by atoms with Crippen LogP contribution in [0.1, 0.15) is 36.1 Å². The van der Waals surface area contributed by atoms with E-state index in [1.165, 1.54) is 47.0 Å². The molecule has 0 unspecified atom stereocenters. The van der Waals surface area contributed by atoms with Gasteiger partial charge in [0.05, 0.1) is 5.69 Å². The Morgan fingerprint density at radius 2 is 1.89 bits per heavy atom. The zero-order valence-corrected chi connectivity index (χ0v) is 16.8. The highest BCUT2D eigenvalue weighted by molar-refractivity contribution is 5.86. The summed E-state index contributed by atoms with van der Waals surface area (Å²) in [5.74, 6) is 0. The van der Waals surface area contributed by atoms with Gasteiger partial charge in [0, 0.05) is 28.7 Å². The second-order valence-corrected chi connectivity index (χ2v) is 8.24. The largest absolute Gasteiger partial charge is 0.353 e. The minimum Gasteiger partial charge on any atom is -0.353 e. The number of nitrogens with zero attached hydrogens (tertiary/aromatic N) is 3. The summed E-state index contributed by atoms with van der Waals surface area (Å²) in [4.78, 5) is 8.22. The summed E-state index contributed by atoms with van der Waals surface area (Å²) in [6.07, 6.45) is 6.01. The van der Waals surface area contributed by atoms with Crippen LogP contribution in [0.15, 0.2) is 24.3 Å². The molecule has 1 aromatic carbocycles. The van der Waals surface area contributed by atoms with Gasteiger partial charge in [-0.3, -0.25) is 5.10 Å². The smallest absolute Gasteiger partial charge is 0.112 e. The molecule has 3 aromatic rings. The maximum absolute atomic E-state index is 4.61. The Balaban J connectivity index is 1.50. The third-order valence-corrected chi connectivity index (χ3v) is 5.59. The van der Waals surface area contributed by atoms with Gasteiger partial charge < -0.3 is 14.8 Å². The molecule has 2 aromatic heterocycles. The van der Waals surface area contributed by atoms with Crippen LogP contribution in [0.3, 0.4) is 0 Å². The number of nitrogens with one attached hydrogen (secondary N) is 2. The van der Waals surface area contributed by atoms with E-state index in [2.05, 4.69) is 70.4 Å². The molecule has 0 saturated carbocycles. The fourth-order valence-corrected chi connectivity index (χ4v) is 4.16. The number of benzene rings is 1. The molecule has 0 amide bonds. The Morgan fingerprint density at radius 1 is 1.04 bits per heavy atom. The molecule has 5 heteroatoms. The number of rotatable bonds is 7. The molecular formula is C22H31N5. The van der Waals surface area contributed by atoms with Gasteiger partial charge >= 0.3 is 0 Å². The Hall–Kier alpha value is -2.11. The van der Waals surface area contributed by atoms with E-state index < -0.39 is 0 Å². The molecule has 0 fully saturated rings. The van der Waals surface area contributed by atoms with Crippen molar-refractivity contribution >= 4 is 10.9 Å². The molecule has 0 atom stereocenters. The molecule has 27 heavy (non-hydrogen) atoms. The SMILES string of the molecule is CN(C)CCCN(C)Cc1ccc2[nH]c(-c3n[nH]c4c3CCCC4)cc2c1. The van der Waals surface area contributed by atoms with Crippen LogP contribution < -0.4 is 0 Å². The summed E-state index contributed by atoms with van der Waals surface area (Å²) in [6.45, 7) is 3.24. The lowest BCUT2D eigenvalue weighted by atomic mass is 9.95. The second-order valence-electron chi connectivity index (χ2n) is 8.24.